The minimum absolute atomic E-state index is 0.348. The van der Waals surface area contributed by atoms with Crippen molar-refractivity contribution in [1.29, 1.82) is 5.41 Å². The molecular weight excluding hydrogens is 339 g/mol. The van der Waals surface area contributed by atoms with Gasteiger partial charge in [-0.1, -0.05) is 36.7 Å². The highest BCUT2D eigenvalue weighted by Crippen LogP contribution is 2.32. The van der Waals surface area contributed by atoms with Gasteiger partial charge in [-0.2, -0.15) is 5.10 Å². The van der Waals surface area contributed by atoms with E-state index in [1.807, 2.05) is 31.2 Å². The summed E-state index contributed by atoms with van der Waals surface area (Å²) in [6.45, 7) is 5.41. The number of pyridine rings is 2. The SMILES string of the molecule is C=Nn1cc(-c2cccnc2-c2ccc(CC)c(Cl)c2)cc(F)c1=N. The molecule has 0 atom stereocenters. The van der Waals surface area contributed by atoms with Crippen LogP contribution in [0.2, 0.25) is 5.02 Å². The molecule has 0 aliphatic heterocycles. The Labute approximate surface area is 149 Å². The molecule has 2 aromatic heterocycles. The van der Waals surface area contributed by atoms with Gasteiger partial charge in [0.1, 0.15) is 0 Å². The van der Waals surface area contributed by atoms with Crippen molar-refractivity contribution < 1.29 is 4.39 Å². The smallest absolute Gasteiger partial charge is 0.182 e. The molecule has 0 aliphatic carbocycles. The van der Waals surface area contributed by atoms with E-state index in [9.17, 15) is 4.39 Å². The molecule has 0 saturated carbocycles. The van der Waals surface area contributed by atoms with E-state index in [-0.39, 0.29) is 5.49 Å². The third-order valence-corrected chi connectivity index (χ3v) is 4.33. The molecule has 0 radical (unpaired) electrons. The highest BCUT2D eigenvalue weighted by molar-refractivity contribution is 6.31. The molecule has 2 heterocycles. The maximum Gasteiger partial charge on any atom is 0.182 e. The minimum Gasteiger partial charge on any atom is -0.280 e. The molecule has 4 nitrogen and oxygen atoms in total. The van der Waals surface area contributed by atoms with Gasteiger partial charge in [0.2, 0.25) is 0 Å². The van der Waals surface area contributed by atoms with Gasteiger partial charge in [0.05, 0.1) is 5.69 Å². The van der Waals surface area contributed by atoms with Crippen LogP contribution in [-0.4, -0.2) is 16.4 Å². The van der Waals surface area contributed by atoms with Crippen molar-refractivity contribution in [2.45, 2.75) is 13.3 Å². The predicted molar refractivity (Wildman–Crippen MR) is 98.2 cm³/mol. The Morgan fingerprint density at radius 1 is 1.28 bits per heavy atom. The van der Waals surface area contributed by atoms with Gasteiger partial charge in [-0.25, -0.2) is 9.07 Å². The maximum absolute atomic E-state index is 14.1. The van der Waals surface area contributed by atoms with Gasteiger partial charge in [0.25, 0.3) is 0 Å². The molecule has 6 heteroatoms. The Morgan fingerprint density at radius 2 is 2.08 bits per heavy atom. The van der Waals surface area contributed by atoms with E-state index in [2.05, 4.69) is 16.8 Å². The molecular formula is C19H16ClFN4. The first kappa shape index (κ1) is 17.0. The summed E-state index contributed by atoms with van der Waals surface area (Å²) in [6, 6.07) is 10.7. The number of aryl methyl sites for hydroxylation is 1. The van der Waals surface area contributed by atoms with E-state index in [0.717, 1.165) is 27.8 Å². The second-order valence-electron chi connectivity index (χ2n) is 5.47. The summed E-state index contributed by atoms with van der Waals surface area (Å²) in [6.07, 6.45) is 4.08. The quantitative estimate of drug-likeness (QED) is 0.688. The first-order chi connectivity index (χ1) is 12.0. The van der Waals surface area contributed by atoms with Crippen LogP contribution in [0.25, 0.3) is 22.4 Å². The summed E-state index contributed by atoms with van der Waals surface area (Å²) in [4.78, 5) is 4.45. The van der Waals surface area contributed by atoms with E-state index in [1.165, 1.54) is 6.07 Å². The molecule has 0 fully saturated rings. The lowest BCUT2D eigenvalue weighted by Crippen LogP contribution is -2.19. The van der Waals surface area contributed by atoms with Gasteiger partial charge < -0.3 is 0 Å². The molecule has 126 valence electrons. The Hall–Kier alpha value is -2.79. The summed E-state index contributed by atoms with van der Waals surface area (Å²) < 4.78 is 15.2. The number of rotatable bonds is 4. The monoisotopic (exact) mass is 354 g/mol. The fourth-order valence-electron chi connectivity index (χ4n) is 2.66. The van der Waals surface area contributed by atoms with E-state index >= 15 is 0 Å². The van der Waals surface area contributed by atoms with Gasteiger partial charge in [-0.05, 0) is 30.2 Å². The Balaban J connectivity index is 2.21. The zero-order chi connectivity index (χ0) is 18.0. The highest BCUT2D eigenvalue weighted by Gasteiger charge is 2.13. The van der Waals surface area contributed by atoms with Gasteiger partial charge in [0, 0.05) is 40.8 Å². The van der Waals surface area contributed by atoms with Crippen LogP contribution in [0.3, 0.4) is 0 Å². The lowest BCUT2D eigenvalue weighted by Gasteiger charge is -2.12. The van der Waals surface area contributed by atoms with Gasteiger partial charge in [-0.15, -0.1) is 0 Å². The van der Waals surface area contributed by atoms with Crippen LogP contribution >= 0.6 is 11.6 Å². The topological polar surface area (TPSA) is 54.0 Å². The predicted octanol–water partition coefficient (Wildman–Crippen LogP) is 4.52. The van der Waals surface area contributed by atoms with Gasteiger partial charge in [-0.3, -0.25) is 10.4 Å². The molecule has 0 amide bonds. The van der Waals surface area contributed by atoms with Crippen molar-refractivity contribution in [2.24, 2.45) is 5.10 Å². The highest BCUT2D eigenvalue weighted by atomic mass is 35.5. The number of halogens is 2. The first-order valence-corrected chi connectivity index (χ1v) is 8.11. The zero-order valence-corrected chi connectivity index (χ0v) is 14.4. The third-order valence-electron chi connectivity index (χ3n) is 3.98. The van der Waals surface area contributed by atoms with E-state index < -0.39 is 5.82 Å². The van der Waals surface area contributed by atoms with Crippen LogP contribution in [0.5, 0.6) is 0 Å². The standard InChI is InChI=1S/C19H16ClFN4/c1-3-12-6-7-13(9-16(12)20)18-15(5-4-8-24-18)14-10-17(21)19(22)25(11-14)23-2/h4-11,22H,2-3H2,1H3. The summed E-state index contributed by atoms with van der Waals surface area (Å²) in [5.74, 6) is -0.681. The minimum atomic E-state index is -0.681. The number of aromatic nitrogens is 2. The van der Waals surface area contributed by atoms with Crippen LogP contribution in [0.4, 0.5) is 4.39 Å². The molecule has 1 N–H and O–H groups in total. The fourth-order valence-corrected chi connectivity index (χ4v) is 2.97. The molecule has 0 spiro atoms. The lowest BCUT2D eigenvalue weighted by molar-refractivity contribution is 0.575. The van der Waals surface area contributed by atoms with Crippen molar-refractivity contribution in [3.8, 4) is 22.4 Å². The Bertz CT molecular complexity index is 1010. The zero-order valence-electron chi connectivity index (χ0n) is 13.6. The van der Waals surface area contributed by atoms with Crippen molar-refractivity contribution in [1.82, 2.24) is 9.66 Å². The van der Waals surface area contributed by atoms with E-state index in [4.69, 9.17) is 17.0 Å². The number of nitrogens with zero attached hydrogens (tertiary/aromatic N) is 3. The van der Waals surface area contributed by atoms with E-state index in [1.54, 1.807) is 18.5 Å². The number of nitrogens with one attached hydrogen (secondary N) is 1. The van der Waals surface area contributed by atoms with Crippen LogP contribution in [0.15, 0.2) is 53.9 Å². The molecule has 0 unspecified atom stereocenters. The summed E-state index contributed by atoms with van der Waals surface area (Å²) in [5, 5.41) is 12.0. The fraction of sp³-hybridized carbons (Fsp3) is 0.105. The first-order valence-electron chi connectivity index (χ1n) is 7.73. The molecule has 0 aliphatic rings. The molecule has 0 saturated heterocycles. The van der Waals surface area contributed by atoms with Crippen LogP contribution < -0.4 is 5.49 Å². The number of benzene rings is 1. The lowest BCUT2D eigenvalue weighted by atomic mass is 9.99. The Kier molecular flexibility index (Phi) is 4.76. The molecule has 3 rings (SSSR count). The normalized spacial score (nSPS) is 10.7. The third kappa shape index (κ3) is 3.23. The van der Waals surface area contributed by atoms with Crippen LogP contribution in [-0.2, 0) is 6.42 Å². The molecule has 3 aromatic rings. The van der Waals surface area contributed by atoms with Crippen molar-refractivity contribution in [2.75, 3.05) is 0 Å². The maximum atomic E-state index is 14.1. The Morgan fingerprint density at radius 3 is 2.76 bits per heavy atom. The average Bonchev–Trinajstić information content (AvgIpc) is 2.63. The largest absolute Gasteiger partial charge is 0.280 e. The average molecular weight is 355 g/mol. The second-order valence-corrected chi connectivity index (χ2v) is 5.88. The number of hydrogen-bond acceptors (Lipinski definition) is 3. The molecule has 0 bridgehead atoms. The van der Waals surface area contributed by atoms with Crippen molar-refractivity contribution in [3.63, 3.8) is 0 Å². The van der Waals surface area contributed by atoms with Crippen LogP contribution in [0, 0.1) is 11.2 Å². The van der Waals surface area contributed by atoms with Crippen molar-refractivity contribution in [3.05, 3.63) is 70.7 Å². The molecule has 1 aromatic carbocycles. The molecule has 25 heavy (non-hydrogen) atoms. The summed E-state index contributed by atoms with van der Waals surface area (Å²) in [5.41, 5.74) is 3.51. The van der Waals surface area contributed by atoms with E-state index in [0.29, 0.717) is 16.3 Å². The number of hydrogen-bond donors (Lipinski definition) is 1. The van der Waals surface area contributed by atoms with Gasteiger partial charge in [0.15, 0.2) is 11.3 Å². The summed E-state index contributed by atoms with van der Waals surface area (Å²) in [7, 11) is 0. The van der Waals surface area contributed by atoms with Crippen LogP contribution in [0.1, 0.15) is 12.5 Å². The summed E-state index contributed by atoms with van der Waals surface area (Å²) >= 11 is 6.33. The second kappa shape index (κ2) is 6.99. The van der Waals surface area contributed by atoms with Gasteiger partial charge >= 0.3 is 0 Å². The van der Waals surface area contributed by atoms with Crippen molar-refractivity contribution >= 4 is 18.3 Å².